The van der Waals surface area contributed by atoms with Gasteiger partial charge >= 0.3 is 0 Å². The van der Waals surface area contributed by atoms with Gasteiger partial charge in [-0.2, -0.15) is 0 Å². The van der Waals surface area contributed by atoms with Crippen molar-refractivity contribution in [2.24, 2.45) is 0 Å². The van der Waals surface area contributed by atoms with Crippen molar-refractivity contribution in [1.29, 1.82) is 0 Å². The summed E-state index contributed by atoms with van der Waals surface area (Å²) in [7, 11) is 0. The number of nitrogens with zero attached hydrogens (tertiary/aromatic N) is 1. The number of fused-ring (bicyclic) bond motifs is 1. The van der Waals surface area contributed by atoms with Crippen molar-refractivity contribution in [2.75, 3.05) is 5.73 Å². The average Bonchev–Trinajstić information content (AvgIpc) is 2.44. The van der Waals surface area contributed by atoms with Crippen molar-refractivity contribution in [3.05, 3.63) is 59.9 Å². The Morgan fingerprint density at radius 1 is 0.947 bits per heavy atom. The molecule has 0 bridgehead atoms. The molecule has 4 heteroatoms. The van der Waals surface area contributed by atoms with E-state index in [2.05, 4.69) is 4.98 Å². The summed E-state index contributed by atoms with van der Waals surface area (Å²) in [6.45, 7) is 0. The third kappa shape index (κ3) is 2.39. The number of rotatable bonds is 2. The molecule has 0 saturated heterocycles. The van der Waals surface area contributed by atoms with Crippen LogP contribution in [0.25, 0.3) is 10.8 Å². The van der Waals surface area contributed by atoms with Crippen LogP contribution in [0.2, 0.25) is 5.02 Å². The lowest BCUT2D eigenvalue weighted by molar-refractivity contribution is 1.34. The molecular formula is C15H11ClN2S. The lowest BCUT2D eigenvalue weighted by Gasteiger charge is -2.09. The normalized spacial score (nSPS) is 10.8. The highest BCUT2D eigenvalue weighted by atomic mass is 35.5. The summed E-state index contributed by atoms with van der Waals surface area (Å²) in [6.07, 6.45) is 3.59. The van der Waals surface area contributed by atoms with E-state index in [0.717, 1.165) is 31.3 Å². The van der Waals surface area contributed by atoms with E-state index < -0.39 is 0 Å². The van der Waals surface area contributed by atoms with Crippen LogP contribution in [0, 0.1) is 0 Å². The Balaban J connectivity index is 2.12. The highest BCUT2D eigenvalue weighted by Crippen LogP contribution is 2.38. The van der Waals surface area contributed by atoms with Crippen molar-refractivity contribution in [3.63, 3.8) is 0 Å². The van der Waals surface area contributed by atoms with Crippen LogP contribution in [-0.2, 0) is 0 Å². The van der Waals surface area contributed by atoms with Gasteiger partial charge in [0.15, 0.2) is 0 Å². The molecule has 2 N–H and O–H groups in total. The van der Waals surface area contributed by atoms with Crippen LogP contribution in [-0.4, -0.2) is 4.98 Å². The summed E-state index contributed by atoms with van der Waals surface area (Å²) in [5.74, 6) is 0. The predicted octanol–water partition coefficient (Wildman–Crippen LogP) is 4.62. The number of nitrogen functional groups attached to an aromatic ring is 1. The van der Waals surface area contributed by atoms with Gasteiger partial charge in [-0.05, 0) is 30.3 Å². The fourth-order valence-electron chi connectivity index (χ4n) is 1.92. The zero-order valence-electron chi connectivity index (χ0n) is 10.0. The van der Waals surface area contributed by atoms with Crippen LogP contribution in [0.5, 0.6) is 0 Å². The van der Waals surface area contributed by atoms with Gasteiger partial charge in [-0.25, -0.2) is 0 Å². The Kier molecular flexibility index (Phi) is 3.32. The SMILES string of the molecule is Nc1ccc(Sc2ccccc2Cl)c2cnccc12. The molecule has 3 rings (SSSR count). The molecule has 1 aromatic heterocycles. The standard InChI is InChI=1S/C15H11ClN2S/c16-12-3-1-2-4-15(12)19-14-6-5-13(17)10-7-8-18-9-11(10)14/h1-9H,17H2. The lowest BCUT2D eigenvalue weighted by atomic mass is 10.1. The van der Waals surface area contributed by atoms with Gasteiger partial charge in [-0.3, -0.25) is 4.98 Å². The fourth-order valence-corrected chi connectivity index (χ4v) is 3.13. The van der Waals surface area contributed by atoms with Crippen LogP contribution in [0.1, 0.15) is 0 Å². The van der Waals surface area contributed by atoms with E-state index in [-0.39, 0.29) is 0 Å². The van der Waals surface area contributed by atoms with Gasteiger partial charge in [0.2, 0.25) is 0 Å². The van der Waals surface area contributed by atoms with E-state index in [0.29, 0.717) is 0 Å². The first-order chi connectivity index (χ1) is 9.25. The summed E-state index contributed by atoms with van der Waals surface area (Å²) in [6, 6.07) is 13.7. The maximum atomic E-state index is 6.20. The lowest BCUT2D eigenvalue weighted by Crippen LogP contribution is -1.89. The molecule has 0 aliphatic carbocycles. The number of aromatic nitrogens is 1. The molecule has 0 unspecified atom stereocenters. The smallest absolute Gasteiger partial charge is 0.0545 e. The van der Waals surface area contributed by atoms with E-state index in [1.165, 1.54) is 0 Å². The largest absolute Gasteiger partial charge is 0.398 e. The summed E-state index contributed by atoms with van der Waals surface area (Å²) in [4.78, 5) is 6.31. The Bertz CT molecular complexity index is 743. The van der Waals surface area contributed by atoms with E-state index in [1.54, 1.807) is 18.0 Å². The Labute approximate surface area is 120 Å². The Hall–Kier alpha value is -1.71. The number of anilines is 1. The van der Waals surface area contributed by atoms with Crippen LogP contribution in [0.4, 0.5) is 5.69 Å². The zero-order chi connectivity index (χ0) is 13.2. The molecule has 0 amide bonds. The molecule has 0 atom stereocenters. The maximum Gasteiger partial charge on any atom is 0.0545 e. The molecule has 0 aliphatic heterocycles. The number of nitrogens with two attached hydrogens (primary N) is 1. The molecule has 3 aromatic rings. The third-order valence-corrected chi connectivity index (χ3v) is 4.46. The summed E-state index contributed by atoms with van der Waals surface area (Å²) >= 11 is 7.82. The first-order valence-corrected chi connectivity index (χ1v) is 7.00. The van der Waals surface area contributed by atoms with Crippen LogP contribution >= 0.6 is 23.4 Å². The number of pyridine rings is 1. The van der Waals surface area contributed by atoms with E-state index >= 15 is 0 Å². The summed E-state index contributed by atoms with van der Waals surface area (Å²) in [5, 5.41) is 2.82. The maximum absolute atomic E-state index is 6.20. The van der Waals surface area contributed by atoms with Crippen molar-refractivity contribution < 1.29 is 0 Å². The molecule has 0 saturated carbocycles. The molecule has 2 nitrogen and oxygen atoms in total. The third-order valence-electron chi connectivity index (χ3n) is 2.87. The molecular weight excluding hydrogens is 276 g/mol. The first-order valence-electron chi connectivity index (χ1n) is 5.80. The van der Waals surface area contributed by atoms with Gasteiger partial charge in [0.05, 0.1) is 5.02 Å². The molecule has 94 valence electrons. The quantitative estimate of drug-likeness (QED) is 0.699. The monoisotopic (exact) mass is 286 g/mol. The molecule has 0 aliphatic rings. The van der Waals surface area contributed by atoms with Gasteiger partial charge < -0.3 is 5.73 Å². The Morgan fingerprint density at radius 3 is 2.63 bits per heavy atom. The Morgan fingerprint density at radius 2 is 1.79 bits per heavy atom. The molecule has 0 radical (unpaired) electrons. The van der Waals surface area contributed by atoms with Crippen molar-refractivity contribution in [2.45, 2.75) is 9.79 Å². The average molecular weight is 287 g/mol. The second-order valence-electron chi connectivity index (χ2n) is 4.11. The second-order valence-corrected chi connectivity index (χ2v) is 5.60. The first kappa shape index (κ1) is 12.3. The zero-order valence-corrected chi connectivity index (χ0v) is 11.6. The highest BCUT2D eigenvalue weighted by molar-refractivity contribution is 7.99. The van der Waals surface area contributed by atoms with E-state index in [1.807, 2.05) is 48.7 Å². The van der Waals surface area contributed by atoms with Gasteiger partial charge in [-0.15, -0.1) is 0 Å². The molecule has 0 spiro atoms. The number of halogens is 1. The minimum Gasteiger partial charge on any atom is -0.398 e. The van der Waals surface area contributed by atoms with E-state index in [4.69, 9.17) is 17.3 Å². The number of benzene rings is 2. The number of hydrogen-bond acceptors (Lipinski definition) is 3. The van der Waals surface area contributed by atoms with Crippen molar-refractivity contribution in [1.82, 2.24) is 4.98 Å². The fraction of sp³-hybridized carbons (Fsp3) is 0. The highest BCUT2D eigenvalue weighted by Gasteiger charge is 2.07. The van der Waals surface area contributed by atoms with Gasteiger partial charge in [0.25, 0.3) is 0 Å². The van der Waals surface area contributed by atoms with Crippen molar-refractivity contribution >= 4 is 39.8 Å². The molecule has 1 heterocycles. The number of hydrogen-bond donors (Lipinski definition) is 1. The van der Waals surface area contributed by atoms with Crippen molar-refractivity contribution in [3.8, 4) is 0 Å². The van der Waals surface area contributed by atoms with E-state index in [9.17, 15) is 0 Å². The van der Waals surface area contributed by atoms with Crippen LogP contribution in [0.15, 0.2) is 64.6 Å². The molecule has 19 heavy (non-hydrogen) atoms. The minimum absolute atomic E-state index is 0.751. The van der Waals surface area contributed by atoms with Crippen LogP contribution in [0.3, 0.4) is 0 Å². The second kappa shape index (κ2) is 5.11. The minimum atomic E-state index is 0.751. The molecule has 0 fully saturated rings. The predicted molar refractivity (Wildman–Crippen MR) is 81.7 cm³/mol. The van der Waals surface area contributed by atoms with Gasteiger partial charge in [0.1, 0.15) is 0 Å². The summed E-state index contributed by atoms with van der Waals surface area (Å²) in [5.41, 5.74) is 6.75. The van der Waals surface area contributed by atoms with Crippen LogP contribution < -0.4 is 5.73 Å². The van der Waals surface area contributed by atoms with Gasteiger partial charge in [0, 0.05) is 38.6 Å². The van der Waals surface area contributed by atoms with Gasteiger partial charge in [-0.1, -0.05) is 35.5 Å². The topological polar surface area (TPSA) is 38.9 Å². The summed E-state index contributed by atoms with van der Waals surface area (Å²) < 4.78 is 0. The molecule has 2 aromatic carbocycles.